The SMILES string of the molecule is CCCC(CCC)NC1C2CN(C(=O)OC(C)(C)C)CC21. The van der Waals surface area contributed by atoms with Crippen LogP contribution in [-0.2, 0) is 4.74 Å². The lowest BCUT2D eigenvalue weighted by atomic mass is 10.1. The Kier molecular flexibility index (Phi) is 5.18. The molecule has 1 saturated heterocycles. The highest BCUT2D eigenvalue weighted by Gasteiger charge is 2.57. The van der Waals surface area contributed by atoms with Crippen molar-refractivity contribution in [1.82, 2.24) is 10.2 Å². The van der Waals surface area contributed by atoms with Crippen molar-refractivity contribution in [2.75, 3.05) is 13.1 Å². The van der Waals surface area contributed by atoms with E-state index in [4.69, 9.17) is 4.74 Å². The van der Waals surface area contributed by atoms with Crippen molar-refractivity contribution >= 4 is 6.09 Å². The van der Waals surface area contributed by atoms with E-state index in [9.17, 15) is 4.79 Å². The first-order chi connectivity index (χ1) is 9.85. The van der Waals surface area contributed by atoms with E-state index >= 15 is 0 Å². The predicted molar refractivity (Wildman–Crippen MR) is 85.3 cm³/mol. The van der Waals surface area contributed by atoms with Crippen LogP contribution in [0, 0.1) is 11.8 Å². The number of piperidine rings is 1. The fraction of sp³-hybridized carbons (Fsp3) is 0.941. The topological polar surface area (TPSA) is 41.6 Å². The lowest BCUT2D eigenvalue weighted by molar-refractivity contribution is 0.0268. The average Bonchev–Trinajstić information content (AvgIpc) is 2.83. The van der Waals surface area contributed by atoms with Crippen LogP contribution in [0.25, 0.3) is 0 Å². The minimum Gasteiger partial charge on any atom is -0.444 e. The summed E-state index contributed by atoms with van der Waals surface area (Å²) in [6.45, 7) is 12.0. The van der Waals surface area contributed by atoms with Gasteiger partial charge in [0.05, 0.1) is 0 Å². The fourth-order valence-corrected chi connectivity index (χ4v) is 3.53. The highest BCUT2D eigenvalue weighted by Crippen LogP contribution is 2.46. The summed E-state index contributed by atoms with van der Waals surface area (Å²) in [6.07, 6.45) is 4.86. The van der Waals surface area contributed by atoms with Crippen molar-refractivity contribution < 1.29 is 9.53 Å². The molecule has 1 amide bonds. The average molecular weight is 296 g/mol. The summed E-state index contributed by atoms with van der Waals surface area (Å²) in [6, 6.07) is 1.29. The monoisotopic (exact) mass is 296 g/mol. The van der Waals surface area contributed by atoms with Crippen LogP contribution < -0.4 is 5.32 Å². The van der Waals surface area contributed by atoms with E-state index in [1.807, 2.05) is 25.7 Å². The number of carbonyl (C=O) groups excluding carboxylic acids is 1. The fourth-order valence-electron chi connectivity index (χ4n) is 3.53. The first-order valence-corrected chi connectivity index (χ1v) is 8.59. The third kappa shape index (κ3) is 4.35. The number of fused-ring (bicyclic) bond motifs is 1. The number of ether oxygens (including phenoxy) is 1. The largest absolute Gasteiger partial charge is 0.444 e. The lowest BCUT2D eigenvalue weighted by Crippen LogP contribution is -2.41. The number of hydrogen-bond donors (Lipinski definition) is 1. The second-order valence-corrected chi connectivity index (χ2v) is 7.68. The van der Waals surface area contributed by atoms with Gasteiger partial charge in [0, 0.05) is 25.2 Å². The number of likely N-dealkylation sites (tertiary alicyclic amines) is 1. The highest BCUT2D eigenvalue weighted by atomic mass is 16.6. The number of nitrogens with zero attached hydrogens (tertiary/aromatic N) is 1. The zero-order chi connectivity index (χ0) is 15.6. The van der Waals surface area contributed by atoms with Gasteiger partial charge in [-0.1, -0.05) is 26.7 Å². The van der Waals surface area contributed by atoms with E-state index in [0.717, 1.165) is 13.1 Å². The summed E-state index contributed by atoms with van der Waals surface area (Å²) in [5.74, 6) is 1.29. The molecule has 1 aliphatic carbocycles. The molecule has 2 fully saturated rings. The Bertz CT molecular complexity index is 346. The number of rotatable bonds is 6. The van der Waals surface area contributed by atoms with E-state index < -0.39 is 5.60 Å². The minimum absolute atomic E-state index is 0.146. The van der Waals surface area contributed by atoms with Crippen molar-refractivity contribution in [2.45, 2.75) is 78.0 Å². The number of hydrogen-bond acceptors (Lipinski definition) is 3. The molecule has 1 saturated carbocycles. The van der Waals surface area contributed by atoms with Crippen LogP contribution in [-0.4, -0.2) is 41.8 Å². The molecule has 2 rings (SSSR count). The molecule has 0 aromatic heterocycles. The molecule has 0 aromatic carbocycles. The molecule has 2 unspecified atom stereocenters. The summed E-state index contributed by atoms with van der Waals surface area (Å²) in [7, 11) is 0. The molecule has 122 valence electrons. The van der Waals surface area contributed by atoms with Crippen molar-refractivity contribution in [1.29, 1.82) is 0 Å². The summed E-state index contributed by atoms with van der Waals surface area (Å²) < 4.78 is 5.45. The summed E-state index contributed by atoms with van der Waals surface area (Å²) in [5, 5.41) is 3.82. The van der Waals surface area contributed by atoms with Gasteiger partial charge in [-0.3, -0.25) is 0 Å². The Hall–Kier alpha value is -0.770. The molecule has 0 bridgehead atoms. The molecule has 21 heavy (non-hydrogen) atoms. The van der Waals surface area contributed by atoms with Crippen LogP contribution in [0.5, 0.6) is 0 Å². The number of nitrogens with one attached hydrogen (secondary N) is 1. The van der Waals surface area contributed by atoms with Gasteiger partial charge in [-0.05, 0) is 45.4 Å². The van der Waals surface area contributed by atoms with Gasteiger partial charge in [-0.2, -0.15) is 0 Å². The van der Waals surface area contributed by atoms with E-state index in [1.165, 1.54) is 25.7 Å². The van der Waals surface area contributed by atoms with Crippen molar-refractivity contribution in [3.63, 3.8) is 0 Å². The first-order valence-electron chi connectivity index (χ1n) is 8.59. The quantitative estimate of drug-likeness (QED) is 0.816. The van der Waals surface area contributed by atoms with E-state index in [1.54, 1.807) is 0 Å². The summed E-state index contributed by atoms with van der Waals surface area (Å²) in [4.78, 5) is 13.9. The van der Waals surface area contributed by atoms with Crippen LogP contribution in [0.15, 0.2) is 0 Å². The summed E-state index contributed by atoms with van der Waals surface area (Å²) in [5.41, 5.74) is -0.394. The van der Waals surface area contributed by atoms with Crippen LogP contribution in [0.2, 0.25) is 0 Å². The smallest absolute Gasteiger partial charge is 0.410 e. The molecule has 1 aliphatic heterocycles. The van der Waals surface area contributed by atoms with Gasteiger partial charge < -0.3 is 15.0 Å². The van der Waals surface area contributed by atoms with Gasteiger partial charge in [0.15, 0.2) is 0 Å². The Balaban J connectivity index is 1.75. The van der Waals surface area contributed by atoms with Crippen molar-refractivity contribution in [3.8, 4) is 0 Å². The van der Waals surface area contributed by atoms with Gasteiger partial charge in [0.25, 0.3) is 0 Å². The van der Waals surface area contributed by atoms with Crippen molar-refractivity contribution in [2.24, 2.45) is 11.8 Å². The molecule has 0 spiro atoms. The molecule has 0 radical (unpaired) electrons. The van der Waals surface area contributed by atoms with Gasteiger partial charge in [0.2, 0.25) is 0 Å². The molecular formula is C17H32N2O2. The molecular weight excluding hydrogens is 264 g/mol. The third-order valence-electron chi connectivity index (χ3n) is 4.55. The van der Waals surface area contributed by atoms with Crippen LogP contribution in [0.3, 0.4) is 0 Å². The van der Waals surface area contributed by atoms with Gasteiger partial charge in [-0.25, -0.2) is 4.79 Å². The number of amides is 1. The normalized spacial score (nSPS) is 27.9. The van der Waals surface area contributed by atoms with Crippen molar-refractivity contribution in [3.05, 3.63) is 0 Å². The molecule has 2 atom stereocenters. The molecule has 4 nitrogen and oxygen atoms in total. The zero-order valence-corrected chi connectivity index (χ0v) is 14.3. The molecule has 1 heterocycles. The van der Waals surface area contributed by atoms with Gasteiger partial charge >= 0.3 is 6.09 Å². The maximum absolute atomic E-state index is 12.0. The third-order valence-corrected chi connectivity index (χ3v) is 4.55. The second kappa shape index (κ2) is 6.55. The standard InChI is InChI=1S/C17H32N2O2/c1-6-8-12(9-7-2)18-15-13-10-19(11-14(13)15)16(20)21-17(3,4)5/h12-15,18H,6-11H2,1-5H3. The molecule has 1 N–H and O–H groups in total. The van der Waals surface area contributed by atoms with Crippen LogP contribution in [0.4, 0.5) is 4.79 Å². The highest BCUT2D eigenvalue weighted by molar-refractivity contribution is 5.69. The Morgan fingerprint density at radius 3 is 2.14 bits per heavy atom. The van der Waals surface area contributed by atoms with Gasteiger partial charge in [-0.15, -0.1) is 0 Å². The maximum Gasteiger partial charge on any atom is 0.410 e. The van der Waals surface area contributed by atoms with E-state index in [2.05, 4.69) is 19.2 Å². The second-order valence-electron chi connectivity index (χ2n) is 7.68. The zero-order valence-electron chi connectivity index (χ0n) is 14.3. The van der Waals surface area contributed by atoms with Gasteiger partial charge in [0.1, 0.15) is 5.60 Å². The first kappa shape index (κ1) is 16.6. The van der Waals surface area contributed by atoms with Crippen LogP contribution in [0.1, 0.15) is 60.3 Å². The minimum atomic E-state index is -0.394. The number of carbonyl (C=O) groups is 1. The summed E-state index contributed by atoms with van der Waals surface area (Å²) >= 11 is 0. The molecule has 4 heteroatoms. The maximum atomic E-state index is 12.0. The lowest BCUT2D eigenvalue weighted by Gasteiger charge is -2.26. The Labute approximate surface area is 129 Å². The van der Waals surface area contributed by atoms with E-state index in [-0.39, 0.29) is 6.09 Å². The Morgan fingerprint density at radius 1 is 1.19 bits per heavy atom. The van der Waals surface area contributed by atoms with Crippen LogP contribution >= 0.6 is 0 Å². The molecule has 0 aromatic rings. The van der Waals surface area contributed by atoms with E-state index in [0.29, 0.717) is 23.9 Å². The Morgan fingerprint density at radius 2 is 1.71 bits per heavy atom. The molecule has 2 aliphatic rings. The predicted octanol–water partition coefficient (Wildman–Crippen LogP) is 3.41.